The summed E-state index contributed by atoms with van der Waals surface area (Å²) in [6.07, 6.45) is 0. The minimum Gasteiger partial charge on any atom is -0.378 e. The van der Waals surface area contributed by atoms with E-state index in [0.29, 0.717) is 19.6 Å². The van der Waals surface area contributed by atoms with Crippen molar-refractivity contribution >= 4 is 45.5 Å². The van der Waals surface area contributed by atoms with Crippen molar-refractivity contribution < 1.29 is 8.42 Å². The van der Waals surface area contributed by atoms with Crippen molar-refractivity contribution in [2.24, 2.45) is 4.99 Å². The molecule has 1 aromatic rings. The molecule has 0 bridgehead atoms. The maximum atomic E-state index is 12.1. The molecule has 142 valence electrons. The summed E-state index contributed by atoms with van der Waals surface area (Å²) in [6, 6.07) is 8.33. The molecule has 0 aliphatic carbocycles. The number of benzene rings is 1. The Balaban J connectivity index is 0.00000312. The van der Waals surface area contributed by atoms with Crippen LogP contribution in [0.1, 0.15) is 19.4 Å². The number of sulfone groups is 1. The van der Waals surface area contributed by atoms with Crippen molar-refractivity contribution in [3.8, 4) is 0 Å². The highest BCUT2D eigenvalue weighted by atomic mass is 127. The number of rotatable bonds is 3. The second kappa shape index (κ2) is 8.57. The molecule has 1 aromatic carbocycles. The van der Waals surface area contributed by atoms with Gasteiger partial charge < -0.3 is 15.1 Å². The zero-order valence-electron chi connectivity index (χ0n) is 15.6. The fraction of sp³-hybridized carbons (Fsp3) is 0.588. The Morgan fingerprint density at radius 2 is 1.88 bits per heavy atom. The van der Waals surface area contributed by atoms with Gasteiger partial charge in [0.15, 0.2) is 15.8 Å². The molecule has 0 spiro atoms. The van der Waals surface area contributed by atoms with Gasteiger partial charge in [-0.3, -0.25) is 4.99 Å². The van der Waals surface area contributed by atoms with E-state index in [2.05, 4.69) is 39.5 Å². The van der Waals surface area contributed by atoms with Gasteiger partial charge in [-0.15, -0.1) is 24.0 Å². The lowest BCUT2D eigenvalue weighted by Crippen LogP contribution is -2.57. The van der Waals surface area contributed by atoms with Gasteiger partial charge in [-0.2, -0.15) is 0 Å². The zero-order chi connectivity index (χ0) is 18.0. The third-order valence-corrected chi connectivity index (χ3v) is 6.99. The van der Waals surface area contributed by atoms with Gasteiger partial charge in [-0.1, -0.05) is 12.1 Å². The normalized spacial score (nSPS) is 19.1. The highest BCUT2D eigenvalue weighted by Gasteiger charge is 2.40. The molecule has 1 saturated heterocycles. The van der Waals surface area contributed by atoms with E-state index in [1.165, 1.54) is 0 Å². The number of nitrogens with one attached hydrogen (secondary N) is 1. The number of hydrogen-bond donors (Lipinski definition) is 1. The van der Waals surface area contributed by atoms with Gasteiger partial charge in [-0.05, 0) is 31.5 Å². The molecule has 6 nitrogen and oxygen atoms in total. The lowest BCUT2D eigenvalue weighted by Gasteiger charge is -2.39. The van der Waals surface area contributed by atoms with E-state index in [1.807, 2.05) is 19.0 Å². The van der Waals surface area contributed by atoms with Crippen LogP contribution in [0.3, 0.4) is 0 Å². The summed E-state index contributed by atoms with van der Waals surface area (Å²) in [6.45, 7) is 5.15. The highest BCUT2D eigenvalue weighted by Crippen LogP contribution is 2.23. The van der Waals surface area contributed by atoms with Crippen molar-refractivity contribution in [3.63, 3.8) is 0 Å². The van der Waals surface area contributed by atoms with Crippen LogP contribution in [0.25, 0.3) is 0 Å². The van der Waals surface area contributed by atoms with Crippen LogP contribution in [0.2, 0.25) is 0 Å². The Morgan fingerprint density at radius 1 is 1.28 bits per heavy atom. The van der Waals surface area contributed by atoms with E-state index < -0.39 is 14.6 Å². The van der Waals surface area contributed by atoms with E-state index in [1.54, 1.807) is 20.9 Å². The predicted octanol–water partition coefficient (Wildman–Crippen LogP) is 1.95. The molecule has 1 fully saturated rings. The van der Waals surface area contributed by atoms with Crippen LogP contribution in [0.5, 0.6) is 0 Å². The Hall–Kier alpha value is -1.03. The Morgan fingerprint density at radius 3 is 2.36 bits per heavy atom. The van der Waals surface area contributed by atoms with Gasteiger partial charge in [0.2, 0.25) is 0 Å². The lowest BCUT2D eigenvalue weighted by molar-refractivity contribution is 0.353. The molecule has 0 unspecified atom stereocenters. The quantitative estimate of drug-likeness (QED) is 0.407. The predicted molar refractivity (Wildman–Crippen MR) is 116 cm³/mol. The van der Waals surface area contributed by atoms with E-state index in [0.717, 1.165) is 17.2 Å². The minimum absolute atomic E-state index is 0. The van der Waals surface area contributed by atoms with Crippen LogP contribution in [0.4, 0.5) is 5.69 Å². The summed E-state index contributed by atoms with van der Waals surface area (Å²) < 4.78 is 23.5. The standard InChI is InChI=1S/C17H28N4O2S.HI/c1-17(2)13-21(10-11-24(17,22)23)16(18-3)19-12-14-6-8-15(9-7-14)20(4)5;/h6-9H,10-13H2,1-5H3,(H,18,19);1H. The molecule has 1 aliphatic rings. The average Bonchev–Trinajstić information content (AvgIpc) is 2.51. The topological polar surface area (TPSA) is 65.0 Å². The number of anilines is 1. The molecule has 2 rings (SSSR count). The second-order valence-electron chi connectivity index (χ2n) is 6.96. The summed E-state index contributed by atoms with van der Waals surface area (Å²) >= 11 is 0. The molecule has 1 heterocycles. The van der Waals surface area contributed by atoms with Gasteiger partial charge in [-0.25, -0.2) is 8.42 Å². The van der Waals surface area contributed by atoms with E-state index in [4.69, 9.17) is 0 Å². The summed E-state index contributed by atoms with van der Waals surface area (Å²) in [5.74, 6) is 0.910. The number of hydrogen-bond acceptors (Lipinski definition) is 4. The van der Waals surface area contributed by atoms with Crippen molar-refractivity contribution in [1.29, 1.82) is 0 Å². The molecular formula is C17H29IN4O2S. The summed E-state index contributed by atoms with van der Waals surface area (Å²) in [5.41, 5.74) is 2.32. The fourth-order valence-electron chi connectivity index (χ4n) is 2.75. The van der Waals surface area contributed by atoms with E-state index in [9.17, 15) is 8.42 Å². The number of aliphatic imine (C=N–C) groups is 1. The summed E-state index contributed by atoms with van der Waals surface area (Å²) in [7, 11) is 2.72. The smallest absolute Gasteiger partial charge is 0.193 e. The van der Waals surface area contributed by atoms with E-state index in [-0.39, 0.29) is 29.7 Å². The summed E-state index contributed by atoms with van der Waals surface area (Å²) in [4.78, 5) is 8.40. The van der Waals surface area contributed by atoms with Crippen LogP contribution in [0.15, 0.2) is 29.3 Å². The molecule has 25 heavy (non-hydrogen) atoms. The SMILES string of the molecule is CN=C(NCc1ccc(N(C)C)cc1)N1CCS(=O)(=O)C(C)(C)C1.I. The van der Waals surface area contributed by atoms with Crippen molar-refractivity contribution in [2.75, 3.05) is 44.9 Å². The van der Waals surface area contributed by atoms with Gasteiger partial charge in [0, 0.05) is 46.5 Å². The monoisotopic (exact) mass is 480 g/mol. The Bertz CT molecular complexity index is 700. The third-order valence-electron chi connectivity index (χ3n) is 4.46. The molecular weight excluding hydrogens is 451 g/mol. The highest BCUT2D eigenvalue weighted by molar-refractivity contribution is 14.0. The molecule has 0 amide bonds. The number of nitrogens with zero attached hydrogens (tertiary/aromatic N) is 3. The molecule has 1 aliphatic heterocycles. The van der Waals surface area contributed by atoms with E-state index >= 15 is 0 Å². The first-order valence-corrected chi connectivity index (χ1v) is 9.76. The van der Waals surface area contributed by atoms with Crippen LogP contribution in [-0.4, -0.2) is 64.0 Å². The van der Waals surface area contributed by atoms with Gasteiger partial charge in [0.1, 0.15) is 0 Å². The maximum Gasteiger partial charge on any atom is 0.193 e. The average molecular weight is 480 g/mol. The summed E-state index contributed by atoms with van der Waals surface area (Å²) in [5, 5.41) is 3.34. The molecule has 0 radical (unpaired) electrons. The maximum absolute atomic E-state index is 12.1. The van der Waals surface area contributed by atoms with Gasteiger partial charge in [0.25, 0.3) is 0 Å². The lowest BCUT2D eigenvalue weighted by atomic mass is 10.2. The van der Waals surface area contributed by atoms with Gasteiger partial charge in [0.05, 0.1) is 10.5 Å². The zero-order valence-corrected chi connectivity index (χ0v) is 18.8. The van der Waals surface area contributed by atoms with Gasteiger partial charge >= 0.3 is 0 Å². The second-order valence-corrected chi connectivity index (χ2v) is 9.70. The van der Waals surface area contributed by atoms with Crippen LogP contribution in [0, 0.1) is 0 Å². The number of guanidine groups is 1. The Kier molecular flexibility index (Phi) is 7.54. The molecule has 8 heteroatoms. The van der Waals surface area contributed by atoms with Crippen LogP contribution in [-0.2, 0) is 16.4 Å². The van der Waals surface area contributed by atoms with Crippen LogP contribution < -0.4 is 10.2 Å². The first kappa shape index (κ1) is 22.0. The largest absolute Gasteiger partial charge is 0.378 e. The minimum atomic E-state index is -3.04. The third kappa shape index (κ3) is 5.22. The molecule has 0 saturated carbocycles. The molecule has 0 aromatic heterocycles. The Labute approximate surface area is 168 Å². The molecule has 1 N–H and O–H groups in total. The van der Waals surface area contributed by atoms with Crippen LogP contribution >= 0.6 is 24.0 Å². The van der Waals surface area contributed by atoms with Crippen molar-refractivity contribution in [3.05, 3.63) is 29.8 Å². The number of halogens is 1. The molecule has 0 atom stereocenters. The van der Waals surface area contributed by atoms with Crippen molar-refractivity contribution in [1.82, 2.24) is 10.2 Å². The van der Waals surface area contributed by atoms with Crippen molar-refractivity contribution in [2.45, 2.75) is 25.1 Å². The first-order chi connectivity index (χ1) is 11.2. The first-order valence-electron chi connectivity index (χ1n) is 8.10. The fourth-order valence-corrected chi connectivity index (χ4v) is 4.12.